The number of aromatic nitrogens is 3. The quantitative estimate of drug-likeness (QED) is 0.862. The van der Waals surface area contributed by atoms with Crippen LogP contribution in [0, 0.1) is 11.3 Å². The van der Waals surface area contributed by atoms with Crippen LogP contribution in [0.25, 0.3) is 11.6 Å². The second-order valence-electron chi connectivity index (χ2n) is 3.79. The molecular formula is C12H10N4O3. The number of aliphatic carboxylic acids is 1. The molecule has 0 amide bonds. The first-order valence-electron chi connectivity index (χ1n) is 5.60. The van der Waals surface area contributed by atoms with Crippen molar-refractivity contribution < 1.29 is 14.3 Å². The zero-order chi connectivity index (χ0) is 13.7. The van der Waals surface area contributed by atoms with Crippen molar-refractivity contribution in [2.24, 2.45) is 0 Å². The number of carboxylic acid groups (broad SMARTS) is 1. The molecule has 7 heteroatoms. The van der Waals surface area contributed by atoms with Crippen LogP contribution in [0.3, 0.4) is 0 Å². The van der Waals surface area contributed by atoms with Crippen molar-refractivity contribution in [3.8, 4) is 17.7 Å². The maximum absolute atomic E-state index is 10.4. The molecule has 0 bridgehead atoms. The van der Waals surface area contributed by atoms with Crippen molar-refractivity contribution in [2.45, 2.75) is 19.3 Å². The molecule has 2 rings (SSSR count). The first-order valence-corrected chi connectivity index (χ1v) is 5.60. The fraction of sp³-hybridized carbons (Fsp3) is 0.250. The van der Waals surface area contributed by atoms with E-state index in [0.717, 1.165) is 0 Å². The molecule has 0 unspecified atom stereocenters. The maximum Gasteiger partial charge on any atom is 0.303 e. The minimum absolute atomic E-state index is 0.0623. The molecule has 0 saturated carbocycles. The Hall–Kier alpha value is -2.75. The molecule has 2 aromatic heterocycles. The lowest BCUT2D eigenvalue weighted by molar-refractivity contribution is -0.137. The third-order valence-corrected chi connectivity index (χ3v) is 2.36. The molecule has 0 atom stereocenters. The van der Waals surface area contributed by atoms with Gasteiger partial charge in [0.15, 0.2) is 0 Å². The van der Waals surface area contributed by atoms with Gasteiger partial charge in [-0.2, -0.15) is 5.26 Å². The van der Waals surface area contributed by atoms with E-state index in [-0.39, 0.29) is 12.3 Å². The second kappa shape index (κ2) is 5.73. The van der Waals surface area contributed by atoms with Crippen molar-refractivity contribution in [1.82, 2.24) is 15.2 Å². The van der Waals surface area contributed by atoms with Gasteiger partial charge in [-0.05, 0) is 18.6 Å². The van der Waals surface area contributed by atoms with Gasteiger partial charge in [0.2, 0.25) is 5.89 Å². The van der Waals surface area contributed by atoms with Gasteiger partial charge in [-0.3, -0.25) is 4.79 Å². The number of carboxylic acids is 1. The molecule has 96 valence electrons. The number of rotatable bonds is 5. The van der Waals surface area contributed by atoms with E-state index in [2.05, 4.69) is 15.2 Å². The van der Waals surface area contributed by atoms with Crippen LogP contribution in [0.5, 0.6) is 0 Å². The summed E-state index contributed by atoms with van der Waals surface area (Å²) in [6, 6.07) is 5.19. The third-order valence-electron chi connectivity index (χ3n) is 2.36. The number of nitriles is 1. The Morgan fingerprint density at radius 2 is 2.26 bits per heavy atom. The lowest BCUT2D eigenvalue weighted by atomic mass is 10.2. The highest BCUT2D eigenvalue weighted by Crippen LogP contribution is 2.16. The third kappa shape index (κ3) is 3.35. The van der Waals surface area contributed by atoms with Gasteiger partial charge in [0.25, 0.3) is 5.89 Å². The van der Waals surface area contributed by atoms with E-state index in [0.29, 0.717) is 30.0 Å². The van der Waals surface area contributed by atoms with Gasteiger partial charge in [0.05, 0.1) is 5.56 Å². The van der Waals surface area contributed by atoms with Crippen LogP contribution in [0.15, 0.2) is 22.7 Å². The standard InChI is InChI=1S/C12H10N4O3/c13-6-8-4-5-9(14-7-8)12-16-15-10(19-12)2-1-3-11(17)18/h4-5,7H,1-3H2,(H,17,18). The molecule has 0 saturated heterocycles. The molecule has 19 heavy (non-hydrogen) atoms. The monoisotopic (exact) mass is 258 g/mol. The van der Waals surface area contributed by atoms with Gasteiger partial charge in [0, 0.05) is 19.0 Å². The van der Waals surface area contributed by atoms with Gasteiger partial charge in [0.1, 0.15) is 11.8 Å². The Morgan fingerprint density at radius 3 is 2.89 bits per heavy atom. The van der Waals surface area contributed by atoms with Crippen molar-refractivity contribution in [3.63, 3.8) is 0 Å². The zero-order valence-corrected chi connectivity index (χ0v) is 9.91. The normalized spacial score (nSPS) is 10.1. The van der Waals surface area contributed by atoms with E-state index in [4.69, 9.17) is 14.8 Å². The molecule has 0 aliphatic carbocycles. The van der Waals surface area contributed by atoms with Crippen molar-refractivity contribution in [1.29, 1.82) is 5.26 Å². The van der Waals surface area contributed by atoms with Gasteiger partial charge in [-0.1, -0.05) is 0 Å². The van der Waals surface area contributed by atoms with Gasteiger partial charge < -0.3 is 9.52 Å². The topological polar surface area (TPSA) is 113 Å². The summed E-state index contributed by atoms with van der Waals surface area (Å²) in [4.78, 5) is 14.4. The summed E-state index contributed by atoms with van der Waals surface area (Å²) in [6.07, 6.45) is 2.34. The van der Waals surface area contributed by atoms with Crippen LogP contribution >= 0.6 is 0 Å². The van der Waals surface area contributed by atoms with Gasteiger partial charge >= 0.3 is 5.97 Å². The van der Waals surface area contributed by atoms with Crippen molar-refractivity contribution in [3.05, 3.63) is 29.8 Å². The second-order valence-corrected chi connectivity index (χ2v) is 3.79. The van der Waals surface area contributed by atoms with Crippen LogP contribution in [0.4, 0.5) is 0 Å². The summed E-state index contributed by atoms with van der Waals surface area (Å²) in [6.45, 7) is 0. The first kappa shape index (κ1) is 12.7. The van der Waals surface area contributed by atoms with Crippen LogP contribution in [0.2, 0.25) is 0 Å². The molecule has 0 aliphatic rings. The highest BCUT2D eigenvalue weighted by molar-refractivity contribution is 5.66. The predicted octanol–water partition coefficient (Wildman–Crippen LogP) is 1.41. The molecule has 0 radical (unpaired) electrons. The lowest BCUT2D eigenvalue weighted by Crippen LogP contribution is -1.95. The number of hydrogen-bond acceptors (Lipinski definition) is 6. The lowest BCUT2D eigenvalue weighted by Gasteiger charge is -1.94. The highest BCUT2D eigenvalue weighted by Gasteiger charge is 2.10. The Labute approximate surface area is 108 Å². The minimum Gasteiger partial charge on any atom is -0.481 e. The van der Waals surface area contributed by atoms with Gasteiger partial charge in [-0.15, -0.1) is 10.2 Å². The number of hydrogen-bond donors (Lipinski definition) is 1. The van der Waals surface area contributed by atoms with E-state index in [1.54, 1.807) is 12.1 Å². The average Bonchev–Trinajstić information content (AvgIpc) is 2.87. The number of carbonyl (C=O) groups is 1. The van der Waals surface area contributed by atoms with E-state index in [1.165, 1.54) is 6.20 Å². The Morgan fingerprint density at radius 1 is 1.42 bits per heavy atom. The van der Waals surface area contributed by atoms with Crippen LogP contribution in [-0.2, 0) is 11.2 Å². The SMILES string of the molecule is N#Cc1ccc(-c2nnc(CCCC(=O)O)o2)nc1. The summed E-state index contributed by atoms with van der Waals surface area (Å²) in [5.74, 6) is -0.217. The Kier molecular flexibility index (Phi) is 3.83. The molecule has 0 spiro atoms. The summed E-state index contributed by atoms with van der Waals surface area (Å²) in [5.41, 5.74) is 0.931. The molecule has 0 aliphatic heterocycles. The first-order chi connectivity index (χ1) is 9.19. The minimum atomic E-state index is -0.853. The van der Waals surface area contributed by atoms with Crippen molar-refractivity contribution in [2.75, 3.05) is 0 Å². The van der Waals surface area contributed by atoms with E-state index < -0.39 is 5.97 Å². The Bertz CT molecular complexity index is 613. The van der Waals surface area contributed by atoms with E-state index in [9.17, 15) is 4.79 Å². The molecule has 0 aromatic carbocycles. The van der Waals surface area contributed by atoms with Crippen LogP contribution in [-0.4, -0.2) is 26.3 Å². The molecule has 1 N–H and O–H groups in total. The summed E-state index contributed by atoms with van der Waals surface area (Å²) in [5, 5.41) is 24.8. The largest absolute Gasteiger partial charge is 0.481 e. The van der Waals surface area contributed by atoms with E-state index >= 15 is 0 Å². The molecule has 7 nitrogen and oxygen atoms in total. The molecule has 2 heterocycles. The molecular weight excluding hydrogens is 248 g/mol. The molecule has 2 aromatic rings. The number of nitrogens with zero attached hydrogens (tertiary/aromatic N) is 4. The van der Waals surface area contributed by atoms with E-state index in [1.807, 2.05) is 6.07 Å². The fourth-order valence-corrected chi connectivity index (χ4v) is 1.44. The highest BCUT2D eigenvalue weighted by atomic mass is 16.4. The zero-order valence-electron chi connectivity index (χ0n) is 9.91. The maximum atomic E-state index is 10.4. The predicted molar refractivity (Wildman–Crippen MR) is 62.8 cm³/mol. The summed E-state index contributed by atoms with van der Waals surface area (Å²) in [7, 11) is 0. The summed E-state index contributed by atoms with van der Waals surface area (Å²) >= 11 is 0. The van der Waals surface area contributed by atoms with Crippen molar-refractivity contribution >= 4 is 5.97 Å². The summed E-state index contributed by atoms with van der Waals surface area (Å²) < 4.78 is 5.36. The fourth-order valence-electron chi connectivity index (χ4n) is 1.44. The number of aryl methyl sites for hydroxylation is 1. The smallest absolute Gasteiger partial charge is 0.303 e. The Balaban J connectivity index is 2.03. The number of pyridine rings is 1. The van der Waals surface area contributed by atoms with Crippen LogP contribution < -0.4 is 0 Å². The molecule has 0 fully saturated rings. The van der Waals surface area contributed by atoms with Crippen LogP contribution in [0.1, 0.15) is 24.3 Å². The van der Waals surface area contributed by atoms with Gasteiger partial charge in [-0.25, -0.2) is 4.98 Å². The average molecular weight is 258 g/mol.